The normalized spacial score (nSPS) is 42.9. The minimum absolute atomic E-state index is 0.327. The molecule has 1 unspecified atom stereocenters. The smallest absolute Gasteiger partial charge is 0.136 e. The van der Waals surface area contributed by atoms with Crippen molar-refractivity contribution in [3.05, 3.63) is 11.6 Å². The zero-order chi connectivity index (χ0) is 21.7. The van der Waals surface area contributed by atoms with Crippen molar-refractivity contribution in [2.24, 2.45) is 52.3 Å². The highest BCUT2D eigenvalue weighted by atomic mass is 16.1. The molecular weight excluding hydrogens is 364 g/mol. The molecule has 0 aliphatic heterocycles. The van der Waals surface area contributed by atoms with E-state index in [0.29, 0.717) is 16.6 Å². The van der Waals surface area contributed by atoms with Crippen molar-refractivity contribution in [2.45, 2.75) is 112 Å². The number of allylic oxidation sites excluding steroid dienone is 2. The van der Waals surface area contributed by atoms with Crippen LogP contribution in [0.25, 0.3) is 0 Å². The maximum absolute atomic E-state index is 12.1. The van der Waals surface area contributed by atoms with Crippen LogP contribution < -0.4 is 0 Å². The second-order valence-electron chi connectivity index (χ2n) is 12.7. The summed E-state index contributed by atoms with van der Waals surface area (Å²) in [7, 11) is 0. The summed E-state index contributed by atoms with van der Waals surface area (Å²) in [5, 5.41) is 0. The van der Waals surface area contributed by atoms with Crippen LogP contribution in [0, 0.1) is 52.3 Å². The van der Waals surface area contributed by atoms with E-state index in [1.165, 1.54) is 56.9 Å². The van der Waals surface area contributed by atoms with Gasteiger partial charge in [-0.05, 0) is 97.2 Å². The van der Waals surface area contributed by atoms with Crippen LogP contribution in [0.2, 0.25) is 0 Å². The van der Waals surface area contributed by atoms with Gasteiger partial charge in [0.25, 0.3) is 0 Å². The average molecular weight is 413 g/mol. The van der Waals surface area contributed by atoms with Crippen molar-refractivity contribution in [2.75, 3.05) is 0 Å². The highest BCUT2D eigenvalue weighted by Crippen LogP contribution is 2.67. The lowest BCUT2D eigenvalue weighted by molar-refractivity contribution is -0.122. The van der Waals surface area contributed by atoms with Crippen LogP contribution >= 0.6 is 0 Å². The lowest BCUT2D eigenvalue weighted by Crippen LogP contribution is -2.50. The van der Waals surface area contributed by atoms with Crippen molar-refractivity contribution < 1.29 is 4.79 Å². The first kappa shape index (κ1) is 22.6. The maximum atomic E-state index is 12.1. The van der Waals surface area contributed by atoms with E-state index < -0.39 is 0 Å². The van der Waals surface area contributed by atoms with Crippen molar-refractivity contribution in [1.82, 2.24) is 0 Å². The van der Waals surface area contributed by atoms with Gasteiger partial charge in [-0.3, -0.25) is 4.79 Å². The molecule has 1 heteroatoms. The Morgan fingerprint density at radius 2 is 1.80 bits per heavy atom. The van der Waals surface area contributed by atoms with Gasteiger partial charge in [-0.15, -0.1) is 0 Å². The third-order valence-electron chi connectivity index (χ3n) is 11.2. The first-order valence-corrected chi connectivity index (χ1v) is 13.4. The first-order chi connectivity index (χ1) is 14.2. The van der Waals surface area contributed by atoms with Gasteiger partial charge in [0.15, 0.2) is 0 Å². The standard InChI is InChI=1S/C29H48O/c1-7-21(19(2)3)9-8-20(4)25-12-13-26-24-11-10-22-18-23(30)14-16-28(22,5)27(24)15-17-29(25,26)6/h10,19-21,24-27H,7-9,11-18H2,1-6H3/t20-,21-,24+,25?,26+,27+,28+,29-/m1/s1. The minimum atomic E-state index is 0.327. The molecule has 0 N–H and O–H groups in total. The highest BCUT2D eigenvalue weighted by Gasteiger charge is 2.59. The summed E-state index contributed by atoms with van der Waals surface area (Å²) in [6.07, 6.45) is 16.5. The molecule has 170 valence electrons. The van der Waals surface area contributed by atoms with Crippen LogP contribution in [0.1, 0.15) is 112 Å². The summed E-state index contributed by atoms with van der Waals surface area (Å²) in [6, 6.07) is 0. The van der Waals surface area contributed by atoms with Crippen LogP contribution in [-0.4, -0.2) is 5.78 Å². The second kappa shape index (κ2) is 8.40. The summed E-state index contributed by atoms with van der Waals surface area (Å²) >= 11 is 0. The largest absolute Gasteiger partial charge is 0.299 e. The van der Waals surface area contributed by atoms with E-state index in [1.807, 2.05) is 0 Å². The van der Waals surface area contributed by atoms with E-state index in [1.54, 1.807) is 0 Å². The fourth-order valence-electron chi connectivity index (χ4n) is 9.14. The Balaban J connectivity index is 1.48. The van der Waals surface area contributed by atoms with E-state index in [0.717, 1.165) is 60.7 Å². The summed E-state index contributed by atoms with van der Waals surface area (Å²) in [5.74, 6) is 6.66. The molecule has 0 radical (unpaired) electrons. The molecule has 8 atom stereocenters. The summed E-state index contributed by atoms with van der Waals surface area (Å²) in [4.78, 5) is 12.1. The zero-order valence-corrected chi connectivity index (χ0v) is 20.8. The van der Waals surface area contributed by atoms with Gasteiger partial charge in [0.1, 0.15) is 5.78 Å². The van der Waals surface area contributed by atoms with Crippen LogP contribution in [0.15, 0.2) is 11.6 Å². The Hall–Kier alpha value is -0.590. The number of carbonyl (C=O) groups is 1. The van der Waals surface area contributed by atoms with Gasteiger partial charge in [-0.2, -0.15) is 0 Å². The van der Waals surface area contributed by atoms with Gasteiger partial charge in [0, 0.05) is 12.8 Å². The SMILES string of the molecule is CC[C@H](CC[C@@H](C)C1CC[C@H]2[C@@H]3CC=C4CC(=O)CC[C@]4(C)[C@H]3CC[C@]12C)C(C)C. The first-order valence-electron chi connectivity index (χ1n) is 13.4. The van der Waals surface area contributed by atoms with Gasteiger partial charge in [-0.25, -0.2) is 0 Å². The third kappa shape index (κ3) is 3.65. The topological polar surface area (TPSA) is 17.1 Å². The number of hydrogen-bond acceptors (Lipinski definition) is 1. The van der Waals surface area contributed by atoms with Gasteiger partial charge in [0.05, 0.1) is 0 Å². The Morgan fingerprint density at radius 3 is 2.50 bits per heavy atom. The number of hydrogen-bond donors (Lipinski definition) is 0. The fraction of sp³-hybridized carbons (Fsp3) is 0.897. The third-order valence-corrected chi connectivity index (χ3v) is 11.2. The molecule has 0 amide bonds. The molecule has 3 saturated carbocycles. The fourth-order valence-corrected chi connectivity index (χ4v) is 9.14. The molecule has 0 aromatic rings. The molecule has 30 heavy (non-hydrogen) atoms. The van der Waals surface area contributed by atoms with Crippen molar-refractivity contribution in [3.8, 4) is 0 Å². The van der Waals surface area contributed by atoms with E-state index in [4.69, 9.17) is 0 Å². The monoisotopic (exact) mass is 412 g/mol. The van der Waals surface area contributed by atoms with Gasteiger partial charge in [-0.1, -0.05) is 66.0 Å². The van der Waals surface area contributed by atoms with E-state index in [2.05, 4.69) is 47.6 Å². The van der Waals surface area contributed by atoms with Crippen molar-refractivity contribution in [3.63, 3.8) is 0 Å². The van der Waals surface area contributed by atoms with Crippen LogP contribution in [0.5, 0.6) is 0 Å². The molecule has 0 saturated heterocycles. The lowest BCUT2D eigenvalue weighted by atomic mass is 9.47. The molecule has 0 aromatic heterocycles. The molecule has 4 rings (SSSR count). The summed E-state index contributed by atoms with van der Waals surface area (Å²) in [5.41, 5.74) is 2.41. The molecule has 0 spiro atoms. The number of Topliss-reactive ketones (excluding diaryl/α,β-unsaturated/α-hetero) is 1. The van der Waals surface area contributed by atoms with Gasteiger partial charge < -0.3 is 0 Å². The maximum Gasteiger partial charge on any atom is 0.136 e. The predicted molar refractivity (Wildman–Crippen MR) is 127 cm³/mol. The molecule has 0 bridgehead atoms. The number of carbonyl (C=O) groups excluding carboxylic acids is 1. The van der Waals surface area contributed by atoms with Crippen molar-refractivity contribution >= 4 is 5.78 Å². The van der Waals surface area contributed by atoms with Crippen molar-refractivity contribution in [1.29, 1.82) is 0 Å². The Morgan fingerprint density at radius 1 is 1.03 bits per heavy atom. The number of ketones is 1. The second-order valence-corrected chi connectivity index (χ2v) is 12.7. The predicted octanol–water partition coefficient (Wildman–Crippen LogP) is 8.23. The zero-order valence-electron chi connectivity index (χ0n) is 20.8. The Bertz CT molecular complexity index is 674. The molecule has 0 aromatic carbocycles. The molecular formula is C29H48O. The van der Waals surface area contributed by atoms with Crippen LogP contribution in [0.3, 0.4) is 0 Å². The quantitative estimate of drug-likeness (QED) is 0.401. The van der Waals surface area contributed by atoms with E-state index >= 15 is 0 Å². The Kier molecular flexibility index (Phi) is 6.33. The number of rotatable bonds is 6. The molecule has 4 aliphatic rings. The molecule has 3 fully saturated rings. The molecule has 4 aliphatic carbocycles. The van der Waals surface area contributed by atoms with Gasteiger partial charge >= 0.3 is 0 Å². The number of fused-ring (bicyclic) bond motifs is 5. The van der Waals surface area contributed by atoms with Crippen LogP contribution in [-0.2, 0) is 4.79 Å². The van der Waals surface area contributed by atoms with Crippen LogP contribution in [0.4, 0.5) is 0 Å². The van der Waals surface area contributed by atoms with E-state index in [-0.39, 0.29) is 0 Å². The summed E-state index contributed by atoms with van der Waals surface area (Å²) < 4.78 is 0. The van der Waals surface area contributed by atoms with E-state index in [9.17, 15) is 4.79 Å². The lowest BCUT2D eigenvalue weighted by Gasteiger charge is -2.58. The van der Waals surface area contributed by atoms with Gasteiger partial charge in [0.2, 0.25) is 0 Å². The highest BCUT2D eigenvalue weighted by molar-refractivity contribution is 5.82. The average Bonchev–Trinajstić information content (AvgIpc) is 3.06. The summed E-state index contributed by atoms with van der Waals surface area (Å²) in [6.45, 7) is 15.0. The Labute approximate surface area is 186 Å². The minimum Gasteiger partial charge on any atom is -0.299 e. The molecule has 1 nitrogen and oxygen atoms in total. The molecule has 0 heterocycles.